The number of nitrogens with zero attached hydrogens (tertiary/aromatic N) is 3. The van der Waals surface area contributed by atoms with E-state index in [2.05, 4.69) is 4.98 Å². The first-order chi connectivity index (χ1) is 12.0. The van der Waals surface area contributed by atoms with Gasteiger partial charge in [-0.2, -0.15) is 0 Å². The normalized spacial score (nSPS) is 18.0. The number of amides is 1. The van der Waals surface area contributed by atoms with Crippen molar-refractivity contribution in [2.24, 2.45) is 0 Å². The van der Waals surface area contributed by atoms with Crippen molar-refractivity contribution in [3.63, 3.8) is 0 Å². The molecule has 0 N–H and O–H groups in total. The average Bonchev–Trinajstić information content (AvgIpc) is 2.89. The van der Waals surface area contributed by atoms with Crippen LogP contribution in [0.3, 0.4) is 0 Å². The second kappa shape index (κ2) is 7.66. The first kappa shape index (κ1) is 18.1. The SMILES string of the molecule is CCOC1CCCN(C(=O)CCn2cnc3sc(C)c(C)c3c2=O)C1. The van der Waals surface area contributed by atoms with E-state index in [9.17, 15) is 9.59 Å². The number of fused-ring (bicyclic) bond motifs is 1. The minimum Gasteiger partial charge on any atom is -0.377 e. The van der Waals surface area contributed by atoms with Gasteiger partial charge in [0.1, 0.15) is 4.83 Å². The molecule has 2 aromatic heterocycles. The monoisotopic (exact) mass is 363 g/mol. The fourth-order valence-corrected chi connectivity index (χ4v) is 4.33. The fourth-order valence-electron chi connectivity index (χ4n) is 3.34. The molecule has 0 radical (unpaired) electrons. The number of ether oxygens (including phenoxy) is 1. The molecule has 1 amide bonds. The molecule has 25 heavy (non-hydrogen) atoms. The van der Waals surface area contributed by atoms with Crippen LogP contribution in [0, 0.1) is 13.8 Å². The molecule has 1 fully saturated rings. The highest BCUT2D eigenvalue weighted by Crippen LogP contribution is 2.25. The highest BCUT2D eigenvalue weighted by atomic mass is 32.1. The number of carbonyl (C=O) groups is 1. The molecular weight excluding hydrogens is 338 g/mol. The van der Waals surface area contributed by atoms with E-state index in [1.54, 1.807) is 22.2 Å². The lowest BCUT2D eigenvalue weighted by atomic mass is 10.1. The minimum absolute atomic E-state index is 0.0505. The summed E-state index contributed by atoms with van der Waals surface area (Å²) in [6.07, 6.45) is 3.99. The summed E-state index contributed by atoms with van der Waals surface area (Å²) >= 11 is 1.54. The number of hydrogen-bond acceptors (Lipinski definition) is 5. The highest BCUT2D eigenvalue weighted by molar-refractivity contribution is 7.18. The molecule has 7 heteroatoms. The summed E-state index contributed by atoms with van der Waals surface area (Å²) < 4.78 is 7.21. The van der Waals surface area contributed by atoms with Gasteiger partial charge in [0.25, 0.3) is 5.56 Å². The van der Waals surface area contributed by atoms with Crippen LogP contribution in [0.2, 0.25) is 0 Å². The summed E-state index contributed by atoms with van der Waals surface area (Å²) in [4.78, 5) is 33.3. The number of likely N-dealkylation sites (tertiary alicyclic amines) is 1. The zero-order valence-electron chi connectivity index (χ0n) is 15.1. The van der Waals surface area contributed by atoms with Crippen LogP contribution < -0.4 is 5.56 Å². The van der Waals surface area contributed by atoms with Gasteiger partial charge < -0.3 is 9.64 Å². The van der Waals surface area contributed by atoms with E-state index in [0.29, 0.717) is 31.5 Å². The summed E-state index contributed by atoms with van der Waals surface area (Å²) in [5.74, 6) is 0.0784. The van der Waals surface area contributed by atoms with Crippen molar-refractivity contribution in [2.45, 2.75) is 52.7 Å². The molecule has 136 valence electrons. The quantitative estimate of drug-likeness (QED) is 0.819. The molecule has 1 aliphatic rings. The van der Waals surface area contributed by atoms with E-state index in [0.717, 1.165) is 34.7 Å². The van der Waals surface area contributed by atoms with Crippen molar-refractivity contribution in [3.8, 4) is 0 Å². The zero-order valence-corrected chi connectivity index (χ0v) is 15.9. The maximum absolute atomic E-state index is 12.7. The predicted octanol–water partition coefficient (Wildman–Crippen LogP) is 2.49. The van der Waals surface area contributed by atoms with Gasteiger partial charge in [-0.1, -0.05) is 0 Å². The van der Waals surface area contributed by atoms with Gasteiger partial charge in [0.15, 0.2) is 0 Å². The van der Waals surface area contributed by atoms with E-state index in [1.807, 2.05) is 25.7 Å². The zero-order chi connectivity index (χ0) is 18.0. The van der Waals surface area contributed by atoms with E-state index < -0.39 is 0 Å². The van der Waals surface area contributed by atoms with Crippen LogP contribution in [-0.4, -0.2) is 46.2 Å². The van der Waals surface area contributed by atoms with E-state index in [1.165, 1.54) is 0 Å². The summed E-state index contributed by atoms with van der Waals surface area (Å²) in [5, 5.41) is 0.687. The van der Waals surface area contributed by atoms with E-state index in [-0.39, 0.29) is 17.6 Å². The van der Waals surface area contributed by atoms with Crippen molar-refractivity contribution in [3.05, 3.63) is 27.1 Å². The molecule has 1 atom stereocenters. The fraction of sp³-hybridized carbons (Fsp3) is 0.611. The molecular formula is C18H25N3O3S. The molecule has 1 aliphatic heterocycles. The predicted molar refractivity (Wildman–Crippen MR) is 99.2 cm³/mol. The Morgan fingerprint density at radius 1 is 1.44 bits per heavy atom. The van der Waals surface area contributed by atoms with Crippen LogP contribution in [0.25, 0.3) is 10.2 Å². The Labute approximate surface area is 151 Å². The number of hydrogen-bond donors (Lipinski definition) is 0. The highest BCUT2D eigenvalue weighted by Gasteiger charge is 2.23. The van der Waals surface area contributed by atoms with Crippen LogP contribution in [-0.2, 0) is 16.1 Å². The van der Waals surface area contributed by atoms with E-state index in [4.69, 9.17) is 4.74 Å². The van der Waals surface area contributed by atoms with Gasteiger partial charge in [-0.15, -0.1) is 11.3 Å². The third-order valence-electron chi connectivity index (χ3n) is 4.86. The summed E-state index contributed by atoms with van der Waals surface area (Å²) in [6, 6.07) is 0. The summed E-state index contributed by atoms with van der Waals surface area (Å²) in [6.45, 7) is 8.40. The lowest BCUT2D eigenvalue weighted by molar-refractivity contribution is -0.135. The Bertz CT molecular complexity index is 825. The molecule has 0 spiro atoms. The van der Waals surface area contributed by atoms with Crippen molar-refractivity contribution < 1.29 is 9.53 Å². The maximum Gasteiger partial charge on any atom is 0.262 e. The molecule has 3 rings (SSSR count). The standard InChI is InChI=1S/C18H25N3O3S/c1-4-24-14-6-5-8-20(10-14)15(22)7-9-21-11-19-17-16(18(21)23)12(2)13(3)25-17/h11,14H,4-10H2,1-3H3. The smallest absolute Gasteiger partial charge is 0.262 e. The molecule has 0 bridgehead atoms. The van der Waals surface area contributed by atoms with Crippen molar-refractivity contribution in [1.29, 1.82) is 0 Å². The van der Waals surface area contributed by atoms with Gasteiger partial charge >= 0.3 is 0 Å². The molecule has 0 saturated carbocycles. The average molecular weight is 363 g/mol. The van der Waals surface area contributed by atoms with Crippen LogP contribution in [0.5, 0.6) is 0 Å². The summed E-state index contributed by atoms with van der Waals surface area (Å²) in [5.41, 5.74) is 0.944. The number of thiophene rings is 1. The number of carbonyl (C=O) groups excluding carboxylic acids is 1. The first-order valence-electron chi connectivity index (χ1n) is 8.85. The third-order valence-corrected chi connectivity index (χ3v) is 5.97. The van der Waals surface area contributed by atoms with Gasteiger partial charge in [0, 0.05) is 37.5 Å². The lowest BCUT2D eigenvalue weighted by Crippen LogP contribution is -2.43. The minimum atomic E-state index is -0.0505. The topological polar surface area (TPSA) is 64.4 Å². The number of rotatable bonds is 5. The molecule has 6 nitrogen and oxygen atoms in total. The number of piperidine rings is 1. The van der Waals surface area contributed by atoms with E-state index >= 15 is 0 Å². The second-order valence-corrected chi connectivity index (χ2v) is 7.72. The Hall–Kier alpha value is -1.73. The summed E-state index contributed by atoms with van der Waals surface area (Å²) in [7, 11) is 0. The largest absolute Gasteiger partial charge is 0.377 e. The lowest BCUT2D eigenvalue weighted by Gasteiger charge is -2.32. The van der Waals surface area contributed by atoms with Crippen molar-refractivity contribution >= 4 is 27.5 Å². The molecule has 3 heterocycles. The Balaban J connectivity index is 1.68. The van der Waals surface area contributed by atoms with Gasteiger partial charge in [0.05, 0.1) is 17.8 Å². The number of aryl methyl sites for hydroxylation is 3. The number of aromatic nitrogens is 2. The van der Waals surface area contributed by atoms with Crippen molar-refractivity contribution in [1.82, 2.24) is 14.5 Å². The van der Waals surface area contributed by atoms with Crippen molar-refractivity contribution in [2.75, 3.05) is 19.7 Å². The van der Waals surface area contributed by atoms with Gasteiger partial charge in [-0.05, 0) is 39.2 Å². The van der Waals surface area contributed by atoms with Crippen LogP contribution in [0.1, 0.15) is 36.6 Å². The van der Waals surface area contributed by atoms with Crippen LogP contribution in [0.15, 0.2) is 11.1 Å². The molecule has 1 unspecified atom stereocenters. The van der Waals surface area contributed by atoms with Gasteiger partial charge in [-0.3, -0.25) is 14.2 Å². The maximum atomic E-state index is 12.7. The molecule has 0 aliphatic carbocycles. The van der Waals surface area contributed by atoms with Crippen LogP contribution >= 0.6 is 11.3 Å². The molecule has 0 aromatic carbocycles. The Morgan fingerprint density at radius 2 is 2.24 bits per heavy atom. The van der Waals surface area contributed by atoms with Gasteiger partial charge in [-0.25, -0.2) is 4.98 Å². The molecule has 2 aromatic rings. The van der Waals surface area contributed by atoms with Gasteiger partial charge in [0.2, 0.25) is 5.91 Å². The molecule has 1 saturated heterocycles. The first-order valence-corrected chi connectivity index (χ1v) is 9.67. The Morgan fingerprint density at radius 3 is 3.00 bits per heavy atom. The van der Waals surface area contributed by atoms with Crippen LogP contribution in [0.4, 0.5) is 0 Å². The second-order valence-electron chi connectivity index (χ2n) is 6.52. The Kier molecular flexibility index (Phi) is 5.54. The third kappa shape index (κ3) is 3.77.